The van der Waals surface area contributed by atoms with Gasteiger partial charge in [0.1, 0.15) is 28.8 Å². The maximum atomic E-state index is 16.5. The molecule has 0 unspecified atom stereocenters. The zero-order chi connectivity index (χ0) is 43.6. The van der Waals surface area contributed by atoms with Crippen LogP contribution in [0.15, 0.2) is 35.6 Å². The first-order valence-corrected chi connectivity index (χ1v) is 23.1. The third-order valence-electron chi connectivity index (χ3n) is 19.6. The molecule has 332 valence electrons. The molecule has 0 aromatic rings. The van der Waals surface area contributed by atoms with E-state index in [1.165, 1.54) is 0 Å². The summed E-state index contributed by atoms with van der Waals surface area (Å²) in [5, 5.41) is 38.6. The van der Waals surface area contributed by atoms with Crippen LogP contribution in [0, 0.1) is 68.0 Å². The highest BCUT2D eigenvalue weighted by Crippen LogP contribution is 2.83. The average Bonchev–Trinajstić information content (AvgIpc) is 3.32. The summed E-state index contributed by atoms with van der Waals surface area (Å²) in [5.41, 5.74) is -7.33. The number of hydrogen-bond acceptors (Lipinski definition) is 12. The van der Waals surface area contributed by atoms with Crippen molar-refractivity contribution in [3.05, 3.63) is 35.6 Å². The quantitative estimate of drug-likeness (QED) is 0.294. The molecule has 12 fully saturated rings. The molecule has 12 nitrogen and oxygen atoms in total. The lowest BCUT2D eigenvalue weighted by Crippen LogP contribution is -2.88. The predicted octanol–water partition coefficient (Wildman–Crippen LogP) is 5.26. The highest BCUT2D eigenvalue weighted by molar-refractivity contribution is 6.07. The van der Waals surface area contributed by atoms with Crippen LogP contribution in [-0.2, 0) is 42.8 Å². The number of aliphatic hydroxyl groups excluding tert-OH is 3. The zero-order valence-corrected chi connectivity index (χ0v) is 37.3. The van der Waals surface area contributed by atoms with Gasteiger partial charge in [0, 0.05) is 23.7 Å². The van der Waals surface area contributed by atoms with Crippen LogP contribution >= 0.6 is 0 Å². The Morgan fingerprint density at radius 3 is 2.03 bits per heavy atom. The Morgan fingerprint density at radius 1 is 0.738 bits per heavy atom. The minimum atomic E-state index is -1.92. The van der Waals surface area contributed by atoms with Gasteiger partial charge in [0.15, 0.2) is 28.7 Å². The van der Waals surface area contributed by atoms with Crippen LogP contribution in [0.25, 0.3) is 0 Å². The minimum Gasteiger partial charge on any atom is -0.483 e. The molecule has 0 amide bonds. The van der Waals surface area contributed by atoms with E-state index >= 15 is 14.4 Å². The summed E-state index contributed by atoms with van der Waals surface area (Å²) >= 11 is 0. The van der Waals surface area contributed by atoms with Gasteiger partial charge in [0.05, 0.1) is 41.9 Å². The monoisotopic (exact) mass is 844 g/mol. The molecule has 6 spiro atoms. The number of Topliss-reactive ketones (excluding diaryl/α,β-unsaturated/α-hetero) is 3. The van der Waals surface area contributed by atoms with Gasteiger partial charge in [-0.05, 0) is 125 Å². The summed E-state index contributed by atoms with van der Waals surface area (Å²) in [5.74, 6) is -7.98. The lowest BCUT2D eigenvalue weighted by atomic mass is 9.33. The Labute approximate surface area is 358 Å². The Kier molecular flexibility index (Phi) is 7.17. The van der Waals surface area contributed by atoms with Crippen molar-refractivity contribution in [1.29, 1.82) is 0 Å². The Balaban J connectivity index is 1.04. The molecule has 6 heterocycles. The first-order valence-electron chi connectivity index (χ1n) is 23.1. The summed E-state index contributed by atoms with van der Waals surface area (Å²) in [4.78, 5) is 46.7. The maximum Gasteiger partial charge on any atom is 0.213 e. The van der Waals surface area contributed by atoms with Crippen molar-refractivity contribution < 1.29 is 58.1 Å². The molecule has 8 aliphatic carbocycles. The first kappa shape index (κ1) is 40.2. The normalized spacial score (nSPS) is 56.1. The molecule has 12 heteroatoms. The van der Waals surface area contributed by atoms with Crippen LogP contribution in [0.1, 0.15) is 114 Å². The molecule has 17 atom stereocenters. The molecule has 14 rings (SSSR count). The van der Waals surface area contributed by atoms with Crippen molar-refractivity contribution in [2.45, 2.75) is 167 Å². The zero-order valence-electron chi connectivity index (χ0n) is 37.3. The minimum absolute atomic E-state index is 0.103. The maximum absolute atomic E-state index is 16.5. The van der Waals surface area contributed by atoms with E-state index in [0.717, 1.165) is 5.57 Å². The molecule has 61 heavy (non-hydrogen) atoms. The fourth-order valence-corrected chi connectivity index (χ4v) is 18.7. The molecule has 7 saturated carbocycles. The van der Waals surface area contributed by atoms with Gasteiger partial charge in [0.2, 0.25) is 11.6 Å². The van der Waals surface area contributed by atoms with Crippen LogP contribution < -0.4 is 0 Å². The molecule has 0 radical (unpaired) electrons. The van der Waals surface area contributed by atoms with Crippen molar-refractivity contribution in [3.63, 3.8) is 0 Å². The SMILES string of the molecule is C=C1C(=O)[C@]23[C@H](O)[C@H]1CC[C@H]2[C@@]12CO[C@]3(OC(C)(C)C)[C@@H](O)[C@@H]1C(C)(C)C[C@]1(CCC3=C(O1)[C@@]14CO[C@]5(OC(C)(C)O[C@@H]6[C@H]7CC[C@@H]1[C@]65C(=O)C7=C)[C@@H](O)[C@@H]4C(C)(C)C3)C2=O. The van der Waals surface area contributed by atoms with Crippen LogP contribution in [-0.4, -0.2) is 98.9 Å². The second-order valence-electron chi connectivity index (χ2n) is 24.6. The van der Waals surface area contributed by atoms with E-state index in [0.29, 0.717) is 61.9 Å². The third kappa shape index (κ3) is 3.81. The van der Waals surface area contributed by atoms with Crippen LogP contribution in [0.3, 0.4) is 0 Å². The van der Waals surface area contributed by atoms with Gasteiger partial charge in [0.25, 0.3) is 0 Å². The molecule has 6 aliphatic heterocycles. The van der Waals surface area contributed by atoms with E-state index in [2.05, 4.69) is 40.9 Å². The van der Waals surface area contributed by atoms with Crippen LogP contribution in [0.5, 0.6) is 0 Å². The Morgan fingerprint density at radius 2 is 1.34 bits per heavy atom. The smallest absolute Gasteiger partial charge is 0.213 e. The fourth-order valence-electron chi connectivity index (χ4n) is 18.7. The summed E-state index contributed by atoms with van der Waals surface area (Å²) in [6.45, 7) is 26.3. The fraction of sp³-hybridized carbons (Fsp3) is 0.816. The molecule has 8 bridgehead atoms. The van der Waals surface area contributed by atoms with Crippen LogP contribution in [0.4, 0.5) is 0 Å². The van der Waals surface area contributed by atoms with Gasteiger partial charge in [-0.25, -0.2) is 0 Å². The van der Waals surface area contributed by atoms with Crippen molar-refractivity contribution in [3.8, 4) is 0 Å². The largest absolute Gasteiger partial charge is 0.483 e. The van der Waals surface area contributed by atoms with E-state index < -0.39 is 121 Å². The van der Waals surface area contributed by atoms with E-state index in [1.807, 2.05) is 34.6 Å². The summed E-state index contributed by atoms with van der Waals surface area (Å²) < 4.78 is 42.1. The van der Waals surface area contributed by atoms with Crippen molar-refractivity contribution >= 4 is 17.3 Å². The molecule has 14 aliphatic rings. The number of ketones is 3. The number of aliphatic hydroxyl groups is 3. The average molecular weight is 845 g/mol. The highest BCUT2D eigenvalue weighted by atomic mass is 16.8. The number of rotatable bonds is 1. The van der Waals surface area contributed by atoms with Crippen molar-refractivity contribution in [2.75, 3.05) is 13.2 Å². The Hall–Kier alpha value is -2.29. The number of carbonyl (C=O) groups excluding carboxylic acids is 3. The first-order chi connectivity index (χ1) is 28.2. The van der Waals surface area contributed by atoms with E-state index in [9.17, 15) is 15.3 Å². The Bertz CT molecular complexity index is 2210. The summed E-state index contributed by atoms with van der Waals surface area (Å²) in [7, 11) is 0. The number of carbonyl (C=O) groups is 3. The summed E-state index contributed by atoms with van der Waals surface area (Å²) in [6, 6.07) is 0. The number of hydrogen-bond donors (Lipinski definition) is 3. The van der Waals surface area contributed by atoms with Gasteiger partial charge >= 0.3 is 0 Å². The highest BCUT2D eigenvalue weighted by Gasteiger charge is 2.93. The second-order valence-corrected chi connectivity index (χ2v) is 24.6. The lowest BCUT2D eigenvalue weighted by Gasteiger charge is -2.78. The molecule has 0 aromatic carbocycles. The third-order valence-corrected chi connectivity index (χ3v) is 19.6. The van der Waals surface area contributed by atoms with Gasteiger partial charge in [-0.3, -0.25) is 14.4 Å². The van der Waals surface area contributed by atoms with E-state index in [4.69, 9.17) is 28.4 Å². The van der Waals surface area contributed by atoms with E-state index in [1.54, 1.807) is 0 Å². The molecular weight excluding hydrogens is 781 g/mol. The van der Waals surface area contributed by atoms with Gasteiger partial charge in [-0.15, -0.1) is 0 Å². The standard InChI is InChI=1S/C49H64O12/c1-22-25-12-14-28-45-21-57-48(60-39(3,4)5,46(28,31(22)50)33(25)52)35(54)30(45)41(8,9)19-43(38(45)55)17-16-24-18-40(6,7)29-34(53)49-47-27(44(29,20-56-49)36(24)59-43)15-13-26(23(2)32(47)51)37(47)58-42(10,11)61-49/h25-30,33-35,37,52-54H,1-2,12-21H2,3-11H3/t25-,26-,27-,28-,29+,30+,33+,34-,35-,37+,43+,44-,45-,46-,47-,48-,49-/m0/s1. The number of allylic oxidation sites excluding steroid dienone is 1. The number of fused-ring (bicyclic) bond motifs is 3. The molecular formula is C49H64O12. The van der Waals surface area contributed by atoms with E-state index in [-0.39, 0.29) is 37.1 Å². The van der Waals surface area contributed by atoms with Gasteiger partial charge in [-0.2, -0.15) is 0 Å². The second kappa shape index (κ2) is 10.9. The van der Waals surface area contributed by atoms with Crippen molar-refractivity contribution in [2.24, 2.45) is 68.0 Å². The topological polar surface area (TPSA) is 167 Å². The summed E-state index contributed by atoms with van der Waals surface area (Å²) in [6.07, 6.45) is -0.573. The lowest BCUT2D eigenvalue weighted by molar-refractivity contribution is -0.527. The van der Waals surface area contributed by atoms with Gasteiger partial charge < -0.3 is 43.7 Å². The molecule has 3 N–H and O–H groups in total. The van der Waals surface area contributed by atoms with Crippen LogP contribution in [0.2, 0.25) is 0 Å². The predicted molar refractivity (Wildman–Crippen MR) is 216 cm³/mol. The molecule has 5 saturated heterocycles. The molecule has 0 aromatic heterocycles. The number of ether oxygens (including phenoxy) is 6. The van der Waals surface area contributed by atoms with Crippen molar-refractivity contribution in [1.82, 2.24) is 0 Å². The van der Waals surface area contributed by atoms with Gasteiger partial charge in [-0.1, -0.05) is 40.9 Å².